The van der Waals surface area contributed by atoms with Gasteiger partial charge in [0.25, 0.3) is 5.91 Å². The number of fused-ring (bicyclic) bond motifs is 1. The molecular weight excluding hydrogens is 424 g/mol. The lowest BCUT2D eigenvalue weighted by atomic mass is 10.2. The minimum atomic E-state index is -3.79. The molecule has 8 nitrogen and oxygen atoms in total. The van der Waals surface area contributed by atoms with Crippen LogP contribution in [0.3, 0.4) is 0 Å². The van der Waals surface area contributed by atoms with Crippen LogP contribution in [0.2, 0.25) is 0 Å². The van der Waals surface area contributed by atoms with Gasteiger partial charge in [0.15, 0.2) is 5.82 Å². The molecule has 3 N–H and O–H groups in total. The summed E-state index contributed by atoms with van der Waals surface area (Å²) in [6, 6.07) is 1.83. The van der Waals surface area contributed by atoms with E-state index in [0.29, 0.717) is 22.5 Å². The van der Waals surface area contributed by atoms with Crippen LogP contribution in [0.25, 0.3) is 10.2 Å². The molecule has 0 bridgehead atoms. The molecule has 0 unspecified atom stereocenters. The lowest BCUT2D eigenvalue weighted by Gasteiger charge is -2.12. The van der Waals surface area contributed by atoms with Gasteiger partial charge in [-0.05, 0) is 18.6 Å². The Balaban J connectivity index is 1.94. The van der Waals surface area contributed by atoms with Crippen LogP contribution in [0.5, 0.6) is 0 Å². The van der Waals surface area contributed by atoms with E-state index in [1.807, 2.05) is 0 Å². The topological polar surface area (TPSA) is 113 Å². The zero-order valence-electron chi connectivity index (χ0n) is 15.4. The van der Waals surface area contributed by atoms with Crippen LogP contribution < -0.4 is 15.4 Å². The fourth-order valence-corrected chi connectivity index (χ4v) is 4.73. The van der Waals surface area contributed by atoms with Gasteiger partial charge in [-0.15, -0.1) is 11.3 Å². The number of hydrogen-bond donors (Lipinski definition) is 3. The summed E-state index contributed by atoms with van der Waals surface area (Å²) < 4.78 is 55.4. The Labute approximate surface area is 169 Å². The van der Waals surface area contributed by atoms with Gasteiger partial charge in [0.2, 0.25) is 10.0 Å². The van der Waals surface area contributed by atoms with E-state index in [2.05, 4.69) is 25.3 Å². The number of nitrogens with zero attached hydrogens (tertiary/aromatic N) is 2. The van der Waals surface area contributed by atoms with Gasteiger partial charge in [-0.25, -0.2) is 27.2 Å². The van der Waals surface area contributed by atoms with Gasteiger partial charge >= 0.3 is 0 Å². The number of rotatable bonds is 7. The quantitative estimate of drug-likeness (QED) is 0.518. The Morgan fingerprint density at radius 3 is 2.69 bits per heavy atom. The molecule has 1 amide bonds. The highest BCUT2D eigenvalue weighted by Crippen LogP contribution is 2.31. The summed E-state index contributed by atoms with van der Waals surface area (Å²) in [4.78, 5) is 20.7. The maximum Gasteiger partial charge on any atom is 0.258 e. The van der Waals surface area contributed by atoms with Gasteiger partial charge in [0, 0.05) is 12.4 Å². The average Bonchev–Trinajstić information content (AvgIpc) is 3.11. The number of carbonyl (C=O) groups excluding carboxylic acids is 1. The zero-order valence-corrected chi connectivity index (χ0v) is 17.0. The molecule has 0 spiro atoms. The van der Waals surface area contributed by atoms with Gasteiger partial charge in [-0.2, -0.15) is 0 Å². The van der Waals surface area contributed by atoms with E-state index in [0.717, 1.165) is 12.1 Å². The molecular formula is C17H17F2N5O3S2. The average molecular weight is 441 g/mol. The molecule has 2 aromatic heterocycles. The molecule has 3 aromatic rings. The Morgan fingerprint density at radius 2 is 2.00 bits per heavy atom. The number of halogens is 2. The lowest BCUT2D eigenvalue weighted by molar-refractivity contribution is 0.102. The van der Waals surface area contributed by atoms with Gasteiger partial charge in [0.05, 0.1) is 27.2 Å². The first kappa shape index (κ1) is 20.9. The molecule has 0 saturated heterocycles. The Bertz CT molecular complexity index is 1180. The molecule has 0 saturated carbocycles. The third kappa shape index (κ3) is 4.27. The first-order chi connectivity index (χ1) is 13.8. The number of aromatic nitrogens is 2. The van der Waals surface area contributed by atoms with E-state index in [9.17, 15) is 22.0 Å². The Morgan fingerprint density at radius 1 is 1.24 bits per heavy atom. The first-order valence-electron chi connectivity index (χ1n) is 8.47. The molecule has 29 heavy (non-hydrogen) atoms. The van der Waals surface area contributed by atoms with Crippen molar-refractivity contribution in [2.45, 2.75) is 13.3 Å². The van der Waals surface area contributed by atoms with E-state index in [1.165, 1.54) is 23.0 Å². The van der Waals surface area contributed by atoms with Gasteiger partial charge in [-0.1, -0.05) is 6.92 Å². The van der Waals surface area contributed by atoms with E-state index in [-0.39, 0.29) is 11.3 Å². The van der Waals surface area contributed by atoms with Crippen molar-refractivity contribution in [1.82, 2.24) is 9.97 Å². The largest absolute Gasteiger partial charge is 0.372 e. The summed E-state index contributed by atoms with van der Waals surface area (Å²) in [7, 11) is -2.13. The van der Waals surface area contributed by atoms with E-state index in [1.54, 1.807) is 14.0 Å². The van der Waals surface area contributed by atoms with Crippen LogP contribution in [0.15, 0.2) is 23.8 Å². The van der Waals surface area contributed by atoms with Gasteiger partial charge < -0.3 is 10.6 Å². The third-order valence-electron chi connectivity index (χ3n) is 3.90. The maximum atomic E-state index is 14.7. The number of benzene rings is 1. The molecule has 0 aliphatic heterocycles. The van der Waals surface area contributed by atoms with Crippen LogP contribution in [0, 0.1) is 11.6 Å². The number of nitrogens with one attached hydrogen (secondary N) is 3. The predicted molar refractivity (Wildman–Crippen MR) is 109 cm³/mol. The summed E-state index contributed by atoms with van der Waals surface area (Å²) >= 11 is 1.20. The molecule has 0 atom stereocenters. The molecule has 3 rings (SSSR count). The summed E-state index contributed by atoms with van der Waals surface area (Å²) in [6.07, 6.45) is 1.59. The molecule has 0 aliphatic rings. The van der Waals surface area contributed by atoms with Crippen molar-refractivity contribution in [2.24, 2.45) is 0 Å². The van der Waals surface area contributed by atoms with Crippen molar-refractivity contribution in [3.63, 3.8) is 0 Å². The molecule has 12 heteroatoms. The van der Waals surface area contributed by atoms with Crippen molar-refractivity contribution in [2.75, 3.05) is 28.2 Å². The SMILES string of the molecule is CCCS(=O)(=O)Nc1ccc(F)c(NC(=O)c2csc3c(NC)ncnc23)c1F. The minimum Gasteiger partial charge on any atom is -0.372 e. The van der Waals surface area contributed by atoms with Gasteiger partial charge in [0.1, 0.15) is 23.6 Å². The number of sulfonamides is 1. The number of anilines is 3. The van der Waals surface area contributed by atoms with Crippen LogP contribution in [0.1, 0.15) is 23.7 Å². The van der Waals surface area contributed by atoms with Crippen molar-refractivity contribution in [1.29, 1.82) is 0 Å². The predicted octanol–water partition coefficient (Wildman–Crippen LogP) is 3.42. The van der Waals surface area contributed by atoms with Crippen LogP contribution in [0.4, 0.5) is 26.0 Å². The third-order valence-corrected chi connectivity index (χ3v) is 6.36. The van der Waals surface area contributed by atoms with Crippen molar-refractivity contribution < 1.29 is 22.0 Å². The van der Waals surface area contributed by atoms with Crippen molar-refractivity contribution in [3.05, 3.63) is 41.0 Å². The van der Waals surface area contributed by atoms with Gasteiger partial charge in [-0.3, -0.25) is 9.52 Å². The van der Waals surface area contributed by atoms with E-state index >= 15 is 0 Å². The second kappa shape index (κ2) is 8.25. The van der Waals surface area contributed by atoms with E-state index < -0.39 is 38.9 Å². The number of thiophene rings is 1. The van der Waals surface area contributed by atoms with Crippen LogP contribution in [-0.4, -0.2) is 37.1 Å². The molecule has 0 fully saturated rings. The Kier molecular flexibility index (Phi) is 5.94. The number of carbonyl (C=O) groups is 1. The second-order valence-electron chi connectivity index (χ2n) is 5.96. The fraction of sp³-hybridized carbons (Fsp3) is 0.235. The molecule has 154 valence electrons. The molecule has 0 aliphatic carbocycles. The second-order valence-corrected chi connectivity index (χ2v) is 8.68. The summed E-state index contributed by atoms with van der Waals surface area (Å²) in [6.45, 7) is 1.65. The van der Waals surface area contributed by atoms with Crippen LogP contribution >= 0.6 is 11.3 Å². The standard InChI is InChI=1S/C17H17F2N5O3S2/c1-3-6-29(26,27)24-11-5-4-10(18)14(12(11)19)23-17(25)9-7-28-15-13(9)21-8-22-16(15)20-2/h4-5,7-8,24H,3,6H2,1-2H3,(H,23,25)(H,20,21,22). The normalized spacial score (nSPS) is 11.4. The highest BCUT2D eigenvalue weighted by Gasteiger charge is 2.22. The maximum absolute atomic E-state index is 14.7. The highest BCUT2D eigenvalue weighted by atomic mass is 32.2. The number of hydrogen-bond acceptors (Lipinski definition) is 7. The molecule has 2 heterocycles. The Hall–Kier alpha value is -2.86. The number of amides is 1. The summed E-state index contributed by atoms with van der Waals surface area (Å²) in [5.74, 6) is -2.76. The van der Waals surface area contributed by atoms with Crippen LogP contribution in [-0.2, 0) is 10.0 Å². The minimum absolute atomic E-state index is 0.111. The van der Waals surface area contributed by atoms with Crippen molar-refractivity contribution in [3.8, 4) is 0 Å². The lowest BCUT2D eigenvalue weighted by Crippen LogP contribution is -2.19. The van der Waals surface area contributed by atoms with E-state index in [4.69, 9.17) is 0 Å². The first-order valence-corrected chi connectivity index (χ1v) is 11.0. The molecule has 0 radical (unpaired) electrons. The fourth-order valence-electron chi connectivity index (χ4n) is 2.60. The zero-order chi connectivity index (χ0) is 21.2. The van der Waals surface area contributed by atoms with Crippen molar-refractivity contribution >= 4 is 54.7 Å². The summed E-state index contributed by atoms with van der Waals surface area (Å²) in [5, 5.41) is 6.54. The molecule has 1 aromatic carbocycles. The smallest absolute Gasteiger partial charge is 0.258 e. The highest BCUT2D eigenvalue weighted by molar-refractivity contribution is 7.92. The summed E-state index contributed by atoms with van der Waals surface area (Å²) in [5.41, 5.74) is -0.772. The monoisotopic (exact) mass is 441 g/mol.